The Morgan fingerprint density at radius 2 is 2.19 bits per heavy atom. The van der Waals surface area contributed by atoms with E-state index in [4.69, 9.17) is 4.74 Å². The number of para-hydroxylation sites is 1. The number of benzene rings is 1. The normalized spacial score (nSPS) is 14.5. The first-order valence-electron chi connectivity index (χ1n) is 7.96. The maximum Gasteiger partial charge on any atom is 0.278 e. The van der Waals surface area contributed by atoms with Crippen molar-refractivity contribution >= 4 is 34.3 Å². The van der Waals surface area contributed by atoms with Gasteiger partial charge in [-0.1, -0.05) is 12.1 Å². The molecule has 26 heavy (non-hydrogen) atoms. The monoisotopic (exact) mass is 375 g/mol. The minimum atomic E-state index is -0.494. The van der Waals surface area contributed by atoms with Crippen molar-refractivity contribution in [3.05, 3.63) is 51.0 Å². The molecule has 1 fully saturated rings. The van der Waals surface area contributed by atoms with E-state index in [0.29, 0.717) is 24.5 Å². The summed E-state index contributed by atoms with van der Waals surface area (Å²) in [6, 6.07) is 6.18. The number of carbonyl (C=O) groups excluding carboxylic acids is 1. The van der Waals surface area contributed by atoms with Crippen LogP contribution < -0.4 is 10.3 Å². The van der Waals surface area contributed by atoms with Crippen molar-refractivity contribution in [1.29, 1.82) is 0 Å². The molecule has 1 aromatic carbocycles. The third-order valence-electron chi connectivity index (χ3n) is 3.69. The minimum absolute atomic E-state index is 0.0693. The standard InChI is InChI=1S/C16H17N5O4S/c22-15(19-17-10-12-3-1-2-4-14(12)21(23)24)9-13-11-26-16(18-13)20-5-7-25-8-6-20/h1-4,10-11H,5-9H2,(H,19,22)/b17-10-. The van der Waals surface area contributed by atoms with Crippen molar-refractivity contribution in [3.8, 4) is 0 Å². The molecule has 0 unspecified atom stereocenters. The van der Waals surface area contributed by atoms with Crippen LogP contribution in [0.2, 0.25) is 0 Å². The average molecular weight is 375 g/mol. The second-order valence-electron chi connectivity index (χ2n) is 5.51. The smallest absolute Gasteiger partial charge is 0.278 e. The molecule has 3 rings (SSSR count). The molecular formula is C16H17N5O4S. The number of hydrogen-bond donors (Lipinski definition) is 1. The number of thiazole rings is 1. The van der Waals surface area contributed by atoms with E-state index in [1.54, 1.807) is 18.2 Å². The number of nitrogens with one attached hydrogen (secondary N) is 1. The summed E-state index contributed by atoms with van der Waals surface area (Å²) < 4.78 is 5.31. The summed E-state index contributed by atoms with van der Waals surface area (Å²) in [6.45, 7) is 2.93. The number of amides is 1. The molecule has 1 saturated heterocycles. The lowest BCUT2D eigenvalue weighted by molar-refractivity contribution is -0.385. The summed E-state index contributed by atoms with van der Waals surface area (Å²) in [6.07, 6.45) is 1.35. The van der Waals surface area contributed by atoms with Gasteiger partial charge in [0.25, 0.3) is 5.69 Å². The number of aromatic nitrogens is 1. The van der Waals surface area contributed by atoms with E-state index >= 15 is 0 Å². The maximum atomic E-state index is 12.0. The van der Waals surface area contributed by atoms with Crippen molar-refractivity contribution in [2.45, 2.75) is 6.42 Å². The fraction of sp³-hybridized carbons (Fsp3) is 0.312. The largest absolute Gasteiger partial charge is 0.378 e. The Hall–Kier alpha value is -2.85. The highest BCUT2D eigenvalue weighted by molar-refractivity contribution is 7.13. The molecule has 0 aliphatic carbocycles. The van der Waals surface area contributed by atoms with Gasteiger partial charge in [0, 0.05) is 24.5 Å². The number of anilines is 1. The van der Waals surface area contributed by atoms with E-state index in [1.165, 1.54) is 23.6 Å². The van der Waals surface area contributed by atoms with E-state index in [0.717, 1.165) is 18.2 Å². The van der Waals surface area contributed by atoms with Crippen LogP contribution in [0.15, 0.2) is 34.7 Å². The van der Waals surface area contributed by atoms with Gasteiger partial charge < -0.3 is 9.64 Å². The zero-order valence-electron chi connectivity index (χ0n) is 13.8. The second-order valence-corrected chi connectivity index (χ2v) is 6.34. The van der Waals surface area contributed by atoms with E-state index in [2.05, 4.69) is 20.4 Å². The van der Waals surface area contributed by atoms with Crippen LogP contribution in [-0.4, -0.2) is 48.3 Å². The molecule has 0 saturated carbocycles. The van der Waals surface area contributed by atoms with E-state index in [9.17, 15) is 14.9 Å². The first-order chi connectivity index (χ1) is 12.6. The number of nitro groups is 1. The Morgan fingerprint density at radius 3 is 2.96 bits per heavy atom. The lowest BCUT2D eigenvalue weighted by Gasteiger charge is -2.26. The van der Waals surface area contributed by atoms with Gasteiger partial charge in [-0.25, -0.2) is 10.4 Å². The number of rotatable bonds is 6. The molecule has 136 valence electrons. The summed E-state index contributed by atoms with van der Waals surface area (Å²) in [7, 11) is 0. The first kappa shape index (κ1) is 18.0. The van der Waals surface area contributed by atoms with E-state index < -0.39 is 4.92 Å². The van der Waals surface area contributed by atoms with Gasteiger partial charge in [-0.05, 0) is 6.07 Å². The van der Waals surface area contributed by atoms with Crippen LogP contribution in [0.4, 0.5) is 10.8 Å². The van der Waals surface area contributed by atoms with Crippen molar-refractivity contribution in [2.75, 3.05) is 31.2 Å². The average Bonchev–Trinajstić information content (AvgIpc) is 3.11. The summed E-state index contributed by atoms with van der Waals surface area (Å²) in [5.74, 6) is -0.335. The number of ether oxygens (including phenoxy) is 1. The Balaban J connectivity index is 1.55. The molecule has 1 aliphatic heterocycles. The molecule has 1 aromatic heterocycles. The molecule has 10 heteroatoms. The van der Waals surface area contributed by atoms with Crippen LogP contribution in [0.1, 0.15) is 11.3 Å². The van der Waals surface area contributed by atoms with Crippen molar-refractivity contribution < 1.29 is 14.5 Å². The summed E-state index contributed by atoms with van der Waals surface area (Å²) >= 11 is 1.49. The zero-order chi connectivity index (χ0) is 18.4. The van der Waals surface area contributed by atoms with Gasteiger partial charge in [0.15, 0.2) is 5.13 Å². The lowest BCUT2D eigenvalue weighted by Crippen LogP contribution is -2.36. The topological polar surface area (TPSA) is 110 Å². The third-order valence-corrected chi connectivity index (χ3v) is 4.64. The first-order valence-corrected chi connectivity index (χ1v) is 8.84. The fourth-order valence-corrected chi connectivity index (χ4v) is 3.30. The zero-order valence-corrected chi connectivity index (χ0v) is 14.6. The second kappa shape index (κ2) is 8.50. The van der Waals surface area contributed by atoms with Gasteiger partial charge in [0.05, 0.1) is 42.0 Å². The highest BCUT2D eigenvalue weighted by Gasteiger charge is 2.16. The molecular weight excluding hydrogens is 358 g/mol. The summed E-state index contributed by atoms with van der Waals surface area (Å²) in [5.41, 5.74) is 3.29. The molecule has 1 aliphatic rings. The number of morpholine rings is 1. The predicted octanol–water partition coefficient (Wildman–Crippen LogP) is 1.58. The lowest BCUT2D eigenvalue weighted by atomic mass is 10.2. The SMILES string of the molecule is O=C(Cc1csc(N2CCOCC2)n1)N/N=C\c1ccccc1[N+](=O)[O-]. The molecule has 9 nitrogen and oxygen atoms in total. The Labute approximate surface area is 153 Å². The molecule has 2 heterocycles. The van der Waals surface area contributed by atoms with Crippen LogP contribution in [0.3, 0.4) is 0 Å². The van der Waals surface area contributed by atoms with E-state index in [-0.39, 0.29) is 18.0 Å². The number of hydrogen-bond acceptors (Lipinski definition) is 8. The highest BCUT2D eigenvalue weighted by Crippen LogP contribution is 2.21. The molecule has 0 radical (unpaired) electrons. The summed E-state index contributed by atoms with van der Waals surface area (Å²) in [4.78, 5) is 29.0. The van der Waals surface area contributed by atoms with Gasteiger partial charge in [0.2, 0.25) is 5.91 Å². The van der Waals surface area contributed by atoms with Crippen LogP contribution in [0.5, 0.6) is 0 Å². The Bertz CT molecular complexity index is 816. The molecule has 0 bridgehead atoms. The minimum Gasteiger partial charge on any atom is -0.378 e. The molecule has 1 N–H and O–H groups in total. The molecule has 0 spiro atoms. The third kappa shape index (κ3) is 4.61. The van der Waals surface area contributed by atoms with Crippen LogP contribution >= 0.6 is 11.3 Å². The van der Waals surface area contributed by atoms with Crippen molar-refractivity contribution in [2.24, 2.45) is 5.10 Å². The number of hydrazone groups is 1. The van der Waals surface area contributed by atoms with Crippen LogP contribution in [-0.2, 0) is 16.0 Å². The quantitative estimate of drug-likeness (QED) is 0.466. The predicted molar refractivity (Wildman–Crippen MR) is 97.7 cm³/mol. The summed E-state index contributed by atoms with van der Waals surface area (Å²) in [5, 5.41) is 17.4. The molecule has 0 atom stereocenters. The Kier molecular flexibility index (Phi) is 5.87. The van der Waals surface area contributed by atoms with Crippen LogP contribution in [0.25, 0.3) is 0 Å². The van der Waals surface area contributed by atoms with Crippen molar-refractivity contribution in [3.63, 3.8) is 0 Å². The van der Waals surface area contributed by atoms with Gasteiger partial charge in [-0.3, -0.25) is 14.9 Å². The van der Waals surface area contributed by atoms with E-state index in [1.807, 2.05) is 5.38 Å². The number of nitrogens with zero attached hydrogens (tertiary/aromatic N) is 4. The van der Waals surface area contributed by atoms with Gasteiger partial charge in [-0.15, -0.1) is 11.3 Å². The number of carbonyl (C=O) groups is 1. The molecule has 1 amide bonds. The van der Waals surface area contributed by atoms with Crippen LogP contribution in [0, 0.1) is 10.1 Å². The fourth-order valence-electron chi connectivity index (χ4n) is 2.42. The Morgan fingerprint density at radius 1 is 1.42 bits per heavy atom. The van der Waals surface area contributed by atoms with Gasteiger partial charge >= 0.3 is 0 Å². The molecule has 2 aromatic rings. The van der Waals surface area contributed by atoms with Crippen molar-refractivity contribution in [1.82, 2.24) is 10.4 Å². The maximum absolute atomic E-state index is 12.0. The van der Waals surface area contributed by atoms with Gasteiger partial charge in [-0.2, -0.15) is 5.10 Å². The van der Waals surface area contributed by atoms with Gasteiger partial charge in [0.1, 0.15) is 0 Å². The number of nitro benzene ring substituents is 1. The highest BCUT2D eigenvalue weighted by atomic mass is 32.1.